The first-order valence-corrected chi connectivity index (χ1v) is 8.04. The molecule has 132 valence electrons. The molecule has 0 aromatic heterocycles. The first-order valence-electron chi connectivity index (χ1n) is 8.04. The van der Waals surface area contributed by atoms with Gasteiger partial charge < -0.3 is 19.9 Å². The predicted molar refractivity (Wildman–Crippen MR) is 88.1 cm³/mol. The van der Waals surface area contributed by atoms with E-state index in [9.17, 15) is 19.5 Å². The smallest absolute Gasteiger partial charge is 0.338 e. The maximum Gasteiger partial charge on any atom is 0.338 e. The lowest BCUT2D eigenvalue weighted by molar-refractivity contribution is -0.146. The lowest BCUT2D eigenvalue weighted by Crippen LogP contribution is -2.44. The minimum atomic E-state index is -1.07. The van der Waals surface area contributed by atoms with Crippen LogP contribution in [-0.4, -0.2) is 41.3 Å². The van der Waals surface area contributed by atoms with E-state index in [1.54, 1.807) is 44.2 Å². The number of amides is 1. The topological polar surface area (TPSA) is 102 Å². The van der Waals surface area contributed by atoms with Gasteiger partial charge in [-0.25, -0.2) is 4.79 Å². The summed E-state index contributed by atoms with van der Waals surface area (Å²) in [5.41, 5.74) is -0.240. The van der Waals surface area contributed by atoms with E-state index >= 15 is 0 Å². The van der Waals surface area contributed by atoms with Gasteiger partial charge in [0, 0.05) is 5.69 Å². The number of rotatable bonds is 5. The minimum Gasteiger partial charge on any atom is -0.481 e. The number of anilines is 1. The summed E-state index contributed by atoms with van der Waals surface area (Å²) < 4.78 is 10.6. The zero-order chi connectivity index (χ0) is 18.2. The van der Waals surface area contributed by atoms with Crippen molar-refractivity contribution in [2.75, 3.05) is 11.9 Å². The summed E-state index contributed by atoms with van der Waals surface area (Å²) in [6, 6.07) is 6.33. The van der Waals surface area contributed by atoms with Crippen molar-refractivity contribution in [2.45, 2.75) is 25.6 Å². The summed E-state index contributed by atoms with van der Waals surface area (Å²) in [5, 5.41) is 12.1. The van der Waals surface area contributed by atoms with Crippen LogP contribution >= 0.6 is 0 Å². The van der Waals surface area contributed by atoms with Crippen LogP contribution in [0.25, 0.3) is 0 Å². The van der Waals surface area contributed by atoms with Crippen molar-refractivity contribution in [3.63, 3.8) is 0 Å². The monoisotopic (exact) mass is 345 g/mol. The van der Waals surface area contributed by atoms with E-state index in [0.29, 0.717) is 11.3 Å². The van der Waals surface area contributed by atoms with Crippen LogP contribution in [0.2, 0.25) is 0 Å². The lowest BCUT2D eigenvalue weighted by Gasteiger charge is -2.27. The largest absolute Gasteiger partial charge is 0.481 e. The Labute approximate surface area is 144 Å². The van der Waals surface area contributed by atoms with Crippen LogP contribution in [0.3, 0.4) is 0 Å². The number of hydrogen-bond acceptors (Lipinski definition) is 5. The molecule has 1 saturated heterocycles. The Morgan fingerprint density at radius 3 is 2.80 bits per heavy atom. The van der Waals surface area contributed by atoms with Crippen LogP contribution in [0.1, 0.15) is 24.2 Å². The van der Waals surface area contributed by atoms with E-state index in [2.05, 4.69) is 5.32 Å². The van der Waals surface area contributed by atoms with Crippen LogP contribution in [0.5, 0.6) is 0 Å². The van der Waals surface area contributed by atoms with Gasteiger partial charge in [0.15, 0.2) is 0 Å². The minimum absolute atomic E-state index is 0.251. The number of carboxylic acid groups (broad SMARTS) is 1. The molecule has 25 heavy (non-hydrogen) atoms. The highest BCUT2D eigenvalue weighted by Crippen LogP contribution is 2.47. The van der Waals surface area contributed by atoms with Gasteiger partial charge in [0.1, 0.15) is 5.92 Å². The number of nitrogens with one attached hydrogen (secondary N) is 1. The molecule has 2 N–H and O–H groups in total. The number of carbonyl (C=O) groups is 3. The maximum atomic E-state index is 12.7. The third-order valence-electron chi connectivity index (χ3n) is 4.55. The van der Waals surface area contributed by atoms with Crippen molar-refractivity contribution in [2.24, 2.45) is 11.8 Å². The summed E-state index contributed by atoms with van der Waals surface area (Å²) in [7, 11) is 0. The van der Waals surface area contributed by atoms with Gasteiger partial charge in [0.05, 0.1) is 29.8 Å². The van der Waals surface area contributed by atoms with Crippen LogP contribution in [0.15, 0.2) is 36.4 Å². The van der Waals surface area contributed by atoms with Gasteiger partial charge in [0.25, 0.3) is 0 Å². The fraction of sp³-hybridized carbons (Fsp3) is 0.389. The highest BCUT2D eigenvalue weighted by Gasteiger charge is 2.59. The number of ether oxygens (including phenoxy) is 2. The Hall–Kier alpha value is -2.67. The van der Waals surface area contributed by atoms with Crippen LogP contribution in [0.4, 0.5) is 5.69 Å². The molecule has 4 atom stereocenters. The Bertz CT molecular complexity index is 758. The average Bonchev–Trinajstić information content (AvgIpc) is 3.08. The first-order chi connectivity index (χ1) is 11.9. The summed E-state index contributed by atoms with van der Waals surface area (Å²) in [5.74, 6) is -3.81. The van der Waals surface area contributed by atoms with Crippen molar-refractivity contribution in [3.8, 4) is 0 Å². The van der Waals surface area contributed by atoms with Crippen LogP contribution in [0, 0.1) is 11.8 Å². The molecule has 2 heterocycles. The molecule has 2 aliphatic heterocycles. The van der Waals surface area contributed by atoms with Gasteiger partial charge in [-0.1, -0.05) is 18.2 Å². The molecule has 1 amide bonds. The number of aliphatic carboxylic acids is 1. The molecule has 0 spiro atoms. The summed E-state index contributed by atoms with van der Waals surface area (Å²) in [6.45, 7) is 3.66. The summed E-state index contributed by atoms with van der Waals surface area (Å²) >= 11 is 0. The van der Waals surface area contributed by atoms with Crippen molar-refractivity contribution in [1.29, 1.82) is 0 Å². The van der Waals surface area contributed by atoms with E-state index in [0.717, 1.165) is 0 Å². The predicted octanol–water partition coefficient (Wildman–Crippen LogP) is 1.85. The molecule has 3 rings (SSSR count). The van der Waals surface area contributed by atoms with E-state index in [1.165, 1.54) is 6.07 Å². The molecular formula is C18H19NO6. The van der Waals surface area contributed by atoms with Gasteiger partial charge in [-0.3, -0.25) is 9.59 Å². The maximum absolute atomic E-state index is 12.7. The van der Waals surface area contributed by atoms with Gasteiger partial charge >= 0.3 is 11.9 Å². The van der Waals surface area contributed by atoms with Gasteiger partial charge in [0.2, 0.25) is 5.91 Å². The third-order valence-corrected chi connectivity index (χ3v) is 4.55. The molecule has 2 aliphatic rings. The molecule has 7 heteroatoms. The van der Waals surface area contributed by atoms with Crippen molar-refractivity contribution < 1.29 is 29.0 Å². The standard InChI is InChI=1S/C18H19NO6/c1-3-24-17(23)10-5-4-6-11(9-10)19-15(20)14-13(16(21)22)12-7-8-18(14,2)25-12/h4-9,12-14H,3H2,1-2H3,(H,19,20)(H,21,22)/t12-,13+,14-,18-/m1/s1. The number of hydrogen-bond donors (Lipinski definition) is 2. The van der Waals surface area contributed by atoms with Gasteiger partial charge in [-0.2, -0.15) is 0 Å². The average molecular weight is 345 g/mol. The van der Waals surface area contributed by atoms with Gasteiger partial charge in [-0.15, -0.1) is 0 Å². The number of fused-ring (bicyclic) bond motifs is 2. The number of carbonyl (C=O) groups excluding carboxylic acids is 2. The second kappa shape index (κ2) is 6.33. The molecule has 1 aromatic carbocycles. The second-order valence-electron chi connectivity index (χ2n) is 6.26. The molecule has 2 bridgehead atoms. The highest BCUT2D eigenvalue weighted by molar-refractivity contribution is 5.98. The summed E-state index contributed by atoms with van der Waals surface area (Å²) in [6.07, 6.45) is 2.81. The molecule has 0 radical (unpaired) electrons. The molecular weight excluding hydrogens is 326 g/mol. The number of esters is 1. The van der Waals surface area contributed by atoms with E-state index < -0.39 is 41.4 Å². The SMILES string of the molecule is CCOC(=O)c1cccc(NC(=O)[C@H]2[C@@H](C(=O)O)[C@H]3C=C[C@@]2(C)O3)c1. The lowest BCUT2D eigenvalue weighted by atomic mass is 9.75. The van der Waals surface area contributed by atoms with E-state index in [1.807, 2.05) is 0 Å². The number of carboxylic acids is 1. The van der Waals surface area contributed by atoms with Crippen molar-refractivity contribution in [1.82, 2.24) is 0 Å². The first kappa shape index (κ1) is 17.2. The fourth-order valence-electron chi connectivity index (χ4n) is 3.44. The Morgan fingerprint density at radius 2 is 2.12 bits per heavy atom. The summed E-state index contributed by atoms with van der Waals surface area (Å²) in [4.78, 5) is 36.1. The zero-order valence-corrected chi connectivity index (χ0v) is 13.9. The zero-order valence-electron chi connectivity index (χ0n) is 13.9. The molecule has 7 nitrogen and oxygen atoms in total. The van der Waals surface area contributed by atoms with Crippen molar-refractivity contribution >= 4 is 23.5 Å². The van der Waals surface area contributed by atoms with Gasteiger partial charge in [-0.05, 0) is 32.0 Å². The molecule has 0 unspecified atom stereocenters. The Kier molecular flexibility index (Phi) is 4.34. The molecule has 1 fully saturated rings. The fourth-order valence-corrected chi connectivity index (χ4v) is 3.44. The molecule has 0 saturated carbocycles. The van der Waals surface area contributed by atoms with Crippen molar-refractivity contribution in [3.05, 3.63) is 42.0 Å². The van der Waals surface area contributed by atoms with Crippen LogP contribution < -0.4 is 5.32 Å². The third kappa shape index (κ3) is 3.02. The second-order valence-corrected chi connectivity index (χ2v) is 6.26. The molecule has 0 aliphatic carbocycles. The Morgan fingerprint density at radius 1 is 1.36 bits per heavy atom. The van der Waals surface area contributed by atoms with E-state index in [-0.39, 0.29) is 6.61 Å². The van der Waals surface area contributed by atoms with E-state index in [4.69, 9.17) is 9.47 Å². The highest BCUT2D eigenvalue weighted by atomic mass is 16.5. The Balaban J connectivity index is 1.80. The van der Waals surface area contributed by atoms with Crippen LogP contribution in [-0.2, 0) is 19.1 Å². The quantitative estimate of drug-likeness (QED) is 0.624. The molecule has 1 aromatic rings. The number of benzene rings is 1. The normalized spacial score (nSPS) is 29.4.